The lowest BCUT2D eigenvalue weighted by molar-refractivity contribution is -0.192. The first kappa shape index (κ1) is 32.2. The number of rotatable bonds is 6. The second-order valence-corrected chi connectivity index (χ2v) is 11.3. The van der Waals surface area contributed by atoms with Crippen molar-refractivity contribution in [2.24, 2.45) is 0 Å². The molecule has 42 heavy (non-hydrogen) atoms. The van der Waals surface area contributed by atoms with Gasteiger partial charge in [0.25, 0.3) is 10.0 Å². The molecule has 1 aliphatic heterocycles. The Labute approximate surface area is 240 Å². The fourth-order valence-electron chi connectivity index (χ4n) is 4.46. The summed E-state index contributed by atoms with van der Waals surface area (Å²) < 4.78 is 74.4. The third-order valence-corrected chi connectivity index (χ3v) is 7.98. The van der Waals surface area contributed by atoms with Gasteiger partial charge in [0.15, 0.2) is 0 Å². The molecule has 1 aliphatic rings. The molecule has 9 nitrogen and oxygen atoms in total. The predicted molar refractivity (Wildman–Crippen MR) is 149 cm³/mol. The van der Waals surface area contributed by atoms with Crippen molar-refractivity contribution >= 4 is 39.0 Å². The van der Waals surface area contributed by atoms with Crippen molar-refractivity contribution in [2.75, 3.05) is 34.2 Å². The lowest BCUT2D eigenvalue weighted by atomic mass is 10.1. The number of piperazine rings is 1. The molecule has 0 saturated carbocycles. The molecular formula is C28H29F4N3O6S. The van der Waals surface area contributed by atoms with Crippen LogP contribution in [0.25, 0.3) is 0 Å². The minimum Gasteiger partial charge on any atom is -0.478 e. The number of aliphatic carboxylic acids is 1. The number of anilines is 3. The maximum absolute atomic E-state index is 13.8. The highest BCUT2D eigenvalue weighted by Crippen LogP contribution is 2.33. The van der Waals surface area contributed by atoms with Crippen molar-refractivity contribution in [2.45, 2.75) is 37.9 Å². The van der Waals surface area contributed by atoms with E-state index in [0.717, 1.165) is 11.8 Å². The average Bonchev–Trinajstić information content (AvgIpc) is 2.89. The molecule has 0 aliphatic carbocycles. The Hall–Kier alpha value is -4.33. The second-order valence-electron chi connectivity index (χ2n) is 9.68. The Morgan fingerprint density at radius 1 is 0.976 bits per heavy atom. The van der Waals surface area contributed by atoms with E-state index in [-0.39, 0.29) is 22.2 Å². The number of hydrogen-bond acceptors (Lipinski definition) is 6. The summed E-state index contributed by atoms with van der Waals surface area (Å²) in [6.45, 7) is 7.65. The van der Waals surface area contributed by atoms with Crippen LogP contribution in [-0.4, -0.2) is 62.4 Å². The van der Waals surface area contributed by atoms with Crippen LogP contribution in [0.5, 0.6) is 0 Å². The average molecular weight is 612 g/mol. The molecule has 14 heteroatoms. The zero-order valence-electron chi connectivity index (χ0n) is 22.8. The van der Waals surface area contributed by atoms with Gasteiger partial charge < -0.3 is 20.0 Å². The molecule has 0 bridgehead atoms. The quantitative estimate of drug-likeness (QED) is 0.321. The molecule has 1 unspecified atom stereocenters. The zero-order valence-corrected chi connectivity index (χ0v) is 23.6. The summed E-state index contributed by atoms with van der Waals surface area (Å²) in [7, 11) is -4.16. The van der Waals surface area contributed by atoms with Gasteiger partial charge in [-0.2, -0.15) is 13.2 Å². The first-order valence-corrected chi connectivity index (χ1v) is 14.0. The smallest absolute Gasteiger partial charge is 0.478 e. The Kier molecular flexibility index (Phi) is 9.71. The summed E-state index contributed by atoms with van der Waals surface area (Å²) in [5, 5.41) is 16.6. The van der Waals surface area contributed by atoms with Crippen molar-refractivity contribution in [3.8, 4) is 0 Å². The summed E-state index contributed by atoms with van der Waals surface area (Å²) in [6, 6.07) is 16.3. The SMILES string of the molecule is Cc1cccc(N2CCN(c3ccc(C(=O)O)cc3NS(=O)(=O)c3cc(F)ccc3C)CC2C)c1.O=C(O)C(F)(F)F. The molecular weight excluding hydrogens is 582 g/mol. The number of halogens is 4. The monoisotopic (exact) mass is 611 g/mol. The lowest BCUT2D eigenvalue weighted by Crippen LogP contribution is -2.52. The molecule has 3 aromatic carbocycles. The lowest BCUT2D eigenvalue weighted by Gasteiger charge is -2.43. The summed E-state index contributed by atoms with van der Waals surface area (Å²) in [4.78, 5) is 24.7. The van der Waals surface area contributed by atoms with Gasteiger partial charge >= 0.3 is 18.1 Å². The van der Waals surface area contributed by atoms with Gasteiger partial charge in [-0.25, -0.2) is 22.4 Å². The standard InChI is InChI=1S/C26H28FN3O4S.C2HF3O2/c1-17-5-4-6-22(13-17)30-12-11-29(16-19(30)3)24-10-8-20(26(31)32)14-23(24)28-35(33,34)25-15-21(27)9-7-18(25)2;3-2(4,5)1(6)7/h4-10,13-15,19,28H,11-12,16H2,1-3H3,(H,31,32);(H,6,7). The molecule has 3 N–H and O–H groups in total. The summed E-state index contributed by atoms with van der Waals surface area (Å²) >= 11 is 0. The minimum atomic E-state index is -5.08. The predicted octanol–water partition coefficient (Wildman–Crippen LogP) is 5.29. The third-order valence-electron chi connectivity index (χ3n) is 6.47. The van der Waals surface area contributed by atoms with Gasteiger partial charge in [0.1, 0.15) is 5.82 Å². The van der Waals surface area contributed by atoms with Crippen LogP contribution < -0.4 is 14.5 Å². The molecule has 1 fully saturated rings. The summed E-state index contributed by atoms with van der Waals surface area (Å²) in [5.41, 5.74) is 3.35. The number of carboxylic acid groups (broad SMARTS) is 2. The van der Waals surface area contributed by atoms with Gasteiger partial charge in [0.2, 0.25) is 0 Å². The molecule has 1 saturated heterocycles. The zero-order chi connectivity index (χ0) is 31.4. The largest absolute Gasteiger partial charge is 0.490 e. The van der Waals surface area contributed by atoms with Gasteiger partial charge in [-0.3, -0.25) is 4.72 Å². The fraction of sp³-hybridized carbons (Fsp3) is 0.286. The van der Waals surface area contributed by atoms with Gasteiger partial charge in [-0.15, -0.1) is 0 Å². The molecule has 0 spiro atoms. The third kappa shape index (κ3) is 7.90. The van der Waals surface area contributed by atoms with Gasteiger partial charge in [-0.1, -0.05) is 18.2 Å². The number of benzene rings is 3. The number of hydrogen-bond donors (Lipinski definition) is 3. The highest BCUT2D eigenvalue weighted by atomic mass is 32.2. The van der Waals surface area contributed by atoms with Crippen molar-refractivity contribution in [3.63, 3.8) is 0 Å². The van der Waals surface area contributed by atoms with E-state index in [2.05, 4.69) is 28.7 Å². The van der Waals surface area contributed by atoms with E-state index >= 15 is 0 Å². The van der Waals surface area contributed by atoms with Crippen molar-refractivity contribution in [1.29, 1.82) is 0 Å². The van der Waals surface area contributed by atoms with Gasteiger partial charge in [-0.05, 0) is 74.4 Å². The minimum absolute atomic E-state index is 0.0474. The highest BCUT2D eigenvalue weighted by molar-refractivity contribution is 7.92. The van der Waals surface area contributed by atoms with Crippen molar-refractivity contribution < 1.29 is 45.8 Å². The molecule has 3 aromatic rings. The number of aromatic carboxylic acids is 1. The topological polar surface area (TPSA) is 127 Å². The molecule has 1 heterocycles. The van der Waals surface area contributed by atoms with Crippen LogP contribution in [0.15, 0.2) is 65.6 Å². The van der Waals surface area contributed by atoms with E-state index in [9.17, 15) is 35.9 Å². The van der Waals surface area contributed by atoms with E-state index < -0.39 is 34.0 Å². The molecule has 0 aromatic heterocycles. The Balaban J connectivity index is 0.000000616. The molecule has 4 rings (SSSR count). The first-order chi connectivity index (χ1) is 19.5. The number of nitrogens with one attached hydrogen (secondary N) is 1. The van der Waals surface area contributed by atoms with E-state index in [1.54, 1.807) is 13.0 Å². The summed E-state index contributed by atoms with van der Waals surface area (Å²) in [5.74, 6) is -4.60. The van der Waals surface area contributed by atoms with E-state index in [1.807, 2.05) is 24.0 Å². The first-order valence-electron chi connectivity index (χ1n) is 12.5. The number of alkyl halides is 3. The normalized spacial score (nSPS) is 15.5. The van der Waals surface area contributed by atoms with Crippen LogP contribution >= 0.6 is 0 Å². The van der Waals surface area contributed by atoms with Crippen LogP contribution in [0.3, 0.4) is 0 Å². The second kappa shape index (κ2) is 12.7. The fourth-order valence-corrected chi connectivity index (χ4v) is 5.78. The Morgan fingerprint density at radius 2 is 1.64 bits per heavy atom. The van der Waals surface area contributed by atoms with Crippen LogP contribution in [0.4, 0.5) is 34.6 Å². The van der Waals surface area contributed by atoms with Gasteiger partial charge in [0, 0.05) is 31.4 Å². The molecule has 226 valence electrons. The van der Waals surface area contributed by atoms with Crippen LogP contribution in [0.2, 0.25) is 0 Å². The number of carboxylic acids is 2. The van der Waals surface area contributed by atoms with E-state index in [4.69, 9.17) is 9.90 Å². The Bertz CT molecular complexity index is 1580. The van der Waals surface area contributed by atoms with E-state index in [1.165, 1.54) is 29.8 Å². The Morgan fingerprint density at radius 3 is 2.21 bits per heavy atom. The van der Waals surface area contributed by atoms with Crippen LogP contribution in [-0.2, 0) is 14.8 Å². The number of sulfonamides is 1. The van der Waals surface area contributed by atoms with Gasteiger partial charge in [0.05, 0.1) is 21.8 Å². The molecule has 0 radical (unpaired) electrons. The number of nitrogens with zero attached hydrogens (tertiary/aromatic N) is 2. The number of aryl methyl sites for hydroxylation is 2. The van der Waals surface area contributed by atoms with Crippen LogP contribution in [0.1, 0.15) is 28.4 Å². The highest BCUT2D eigenvalue weighted by Gasteiger charge is 2.38. The van der Waals surface area contributed by atoms with E-state index in [0.29, 0.717) is 30.9 Å². The molecule has 1 atom stereocenters. The van der Waals surface area contributed by atoms with Crippen molar-refractivity contribution in [3.05, 3.63) is 83.2 Å². The maximum atomic E-state index is 13.8. The number of carbonyl (C=O) groups is 2. The maximum Gasteiger partial charge on any atom is 0.490 e. The van der Waals surface area contributed by atoms with Crippen molar-refractivity contribution in [1.82, 2.24) is 0 Å². The molecule has 0 amide bonds. The summed E-state index contributed by atoms with van der Waals surface area (Å²) in [6.07, 6.45) is -5.08. The van der Waals surface area contributed by atoms with Crippen LogP contribution in [0, 0.1) is 19.7 Å².